The number of amides is 1. The number of nitrogens with zero attached hydrogens (tertiary/aromatic N) is 3. The van der Waals surface area contributed by atoms with E-state index < -0.39 is 5.56 Å². The summed E-state index contributed by atoms with van der Waals surface area (Å²) in [5.74, 6) is 0.430. The van der Waals surface area contributed by atoms with Crippen molar-refractivity contribution in [2.24, 2.45) is 0 Å². The van der Waals surface area contributed by atoms with Gasteiger partial charge < -0.3 is 10.1 Å². The fourth-order valence-electron chi connectivity index (χ4n) is 2.45. The first-order valence-electron chi connectivity index (χ1n) is 7.85. The highest BCUT2D eigenvalue weighted by molar-refractivity contribution is 5.75. The van der Waals surface area contributed by atoms with E-state index in [1.54, 1.807) is 21.0 Å². The number of aryl methyl sites for hydroxylation is 1. The van der Waals surface area contributed by atoms with Gasteiger partial charge in [0.15, 0.2) is 0 Å². The smallest absolute Gasteiger partial charge is 0.285 e. The lowest BCUT2D eigenvalue weighted by Gasteiger charge is -2.11. The molecule has 2 aromatic rings. The van der Waals surface area contributed by atoms with E-state index in [2.05, 4.69) is 10.4 Å². The van der Waals surface area contributed by atoms with Crippen LogP contribution >= 0.6 is 0 Å². The SMILES string of the molecule is COc1ccccc1CCNC(=O)Cn1nc(C)c(C)c(C#N)c1=O. The van der Waals surface area contributed by atoms with Gasteiger partial charge in [-0.05, 0) is 37.5 Å². The predicted octanol–water partition coefficient (Wildman–Crippen LogP) is 1.10. The molecule has 1 amide bonds. The highest BCUT2D eigenvalue weighted by Gasteiger charge is 2.13. The number of nitriles is 1. The van der Waals surface area contributed by atoms with E-state index in [1.807, 2.05) is 30.3 Å². The number of aromatic nitrogens is 2. The molecule has 7 nitrogen and oxygen atoms in total. The lowest BCUT2D eigenvalue weighted by Crippen LogP contribution is -2.36. The Labute approximate surface area is 145 Å². The summed E-state index contributed by atoms with van der Waals surface area (Å²) in [5, 5.41) is 15.9. The monoisotopic (exact) mass is 340 g/mol. The van der Waals surface area contributed by atoms with E-state index >= 15 is 0 Å². The molecule has 1 N–H and O–H groups in total. The quantitative estimate of drug-likeness (QED) is 0.849. The van der Waals surface area contributed by atoms with Gasteiger partial charge in [0.1, 0.15) is 23.9 Å². The van der Waals surface area contributed by atoms with Crippen molar-refractivity contribution in [1.82, 2.24) is 15.1 Å². The van der Waals surface area contributed by atoms with Crippen LogP contribution in [0.25, 0.3) is 0 Å². The zero-order valence-corrected chi connectivity index (χ0v) is 14.5. The molecule has 1 aromatic carbocycles. The van der Waals surface area contributed by atoms with Crippen molar-refractivity contribution in [2.75, 3.05) is 13.7 Å². The third-order valence-corrected chi connectivity index (χ3v) is 3.95. The molecular formula is C18H20N4O3. The summed E-state index contributed by atoms with van der Waals surface area (Å²) in [5.41, 5.74) is 1.55. The third kappa shape index (κ3) is 4.23. The van der Waals surface area contributed by atoms with Crippen LogP contribution in [0.5, 0.6) is 5.75 Å². The van der Waals surface area contributed by atoms with E-state index in [0.29, 0.717) is 24.2 Å². The Bertz CT molecular complexity index is 881. The minimum absolute atomic E-state index is 0.0225. The summed E-state index contributed by atoms with van der Waals surface area (Å²) in [6.07, 6.45) is 0.606. The highest BCUT2D eigenvalue weighted by Crippen LogP contribution is 2.17. The average molecular weight is 340 g/mol. The van der Waals surface area contributed by atoms with Crippen LogP contribution in [-0.4, -0.2) is 29.3 Å². The number of benzene rings is 1. The second kappa shape index (κ2) is 8.11. The maximum absolute atomic E-state index is 12.2. The zero-order valence-electron chi connectivity index (χ0n) is 14.5. The van der Waals surface area contributed by atoms with Crippen molar-refractivity contribution in [3.63, 3.8) is 0 Å². The molecule has 1 heterocycles. The van der Waals surface area contributed by atoms with Crippen molar-refractivity contribution < 1.29 is 9.53 Å². The van der Waals surface area contributed by atoms with E-state index in [9.17, 15) is 9.59 Å². The molecule has 0 aliphatic heterocycles. The molecule has 0 radical (unpaired) electrons. The molecule has 7 heteroatoms. The van der Waals surface area contributed by atoms with Gasteiger partial charge >= 0.3 is 0 Å². The highest BCUT2D eigenvalue weighted by atomic mass is 16.5. The Morgan fingerprint density at radius 3 is 2.76 bits per heavy atom. The molecule has 0 atom stereocenters. The number of methoxy groups -OCH3 is 1. The van der Waals surface area contributed by atoms with Gasteiger partial charge in [-0.25, -0.2) is 4.68 Å². The van der Waals surface area contributed by atoms with Crippen LogP contribution in [0.4, 0.5) is 0 Å². The lowest BCUT2D eigenvalue weighted by molar-refractivity contribution is -0.121. The molecule has 0 aliphatic carbocycles. The fourth-order valence-corrected chi connectivity index (χ4v) is 2.45. The van der Waals surface area contributed by atoms with E-state index in [4.69, 9.17) is 10.00 Å². The number of nitrogens with one attached hydrogen (secondary N) is 1. The van der Waals surface area contributed by atoms with Crippen molar-refractivity contribution in [3.8, 4) is 11.8 Å². The average Bonchev–Trinajstić information content (AvgIpc) is 2.60. The van der Waals surface area contributed by atoms with Gasteiger partial charge in [0, 0.05) is 6.54 Å². The van der Waals surface area contributed by atoms with E-state index in [-0.39, 0.29) is 18.0 Å². The normalized spacial score (nSPS) is 10.2. The van der Waals surface area contributed by atoms with Crippen molar-refractivity contribution in [1.29, 1.82) is 5.26 Å². The first-order valence-corrected chi connectivity index (χ1v) is 7.85. The maximum Gasteiger partial charge on any atom is 0.285 e. The number of carbonyl (C=O) groups excluding carboxylic acids is 1. The summed E-state index contributed by atoms with van der Waals surface area (Å²) in [6, 6.07) is 9.45. The van der Waals surface area contributed by atoms with Gasteiger partial charge in [0.2, 0.25) is 5.91 Å². The van der Waals surface area contributed by atoms with Crippen LogP contribution in [0.15, 0.2) is 29.1 Å². The topological polar surface area (TPSA) is 97.0 Å². The summed E-state index contributed by atoms with van der Waals surface area (Å²) >= 11 is 0. The first-order chi connectivity index (χ1) is 12.0. The molecule has 1 aromatic heterocycles. The Kier molecular flexibility index (Phi) is 5.90. The Morgan fingerprint density at radius 2 is 2.08 bits per heavy atom. The van der Waals surface area contributed by atoms with Gasteiger partial charge in [0.05, 0.1) is 12.8 Å². The van der Waals surface area contributed by atoms with Gasteiger partial charge in [-0.1, -0.05) is 18.2 Å². The Balaban J connectivity index is 2.01. The third-order valence-electron chi connectivity index (χ3n) is 3.95. The zero-order chi connectivity index (χ0) is 18.4. The van der Waals surface area contributed by atoms with Crippen LogP contribution in [0, 0.1) is 25.2 Å². The van der Waals surface area contributed by atoms with Crippen LogP contribution in [0.3, 0.4) is 0 Å². The van der Waals surface area contributed by atoms with Gasteiger partial charge in [-0.3, -0.25) is 9.59 Å². The summed E-state index contributed by atoms with van der Waals surface area (Å²) < 4.78 is 6.29. The van der Waals surface area contributed by atoms with E-state index in [1.165, 1.54) is 0 Å². The van der Waals surface area contributed by atoms with Crippen molar-refractivity contribution in [2.45, 2.75) is 26.8 Å². The van der Waals surface area contributed by atoms with Gasteiger partial charge in [0.25, 0.3) is 5.56 Å². The summed E-state index contributed by atoms with van der Waals surface area (Å²) in [7, 11) is 1.60. The van der Waals surface area contributed by atoms with Gasteiger partial charge in [-0.15, -0.1) is 0 Å². The maximum atomic E-state index is 12.2. The minimum Gasteiger partial charge on any atom is -0.496 e. The number of para-hydroxylation sites is 1. The number of rotatable bonds is 6. The Morgan fingerprint density at radius 1 is 1.36 bits per heavy atom. The Hall–Kier alpha value is -3.14. The van der Waals surface area contributed by atoms with Crippen LogP contribution < -0.4 is 15.6 Å². The molecule has 2 rings (SSSR count). The van der Waals surface area contributed by atoms with Crippen LogP contribution in [0.2, 0.25) is 0 Å². The number of ether oxygens (including phenoxy) is 1. The van der Waals surface area contributed by atoms with Gasteiger partial charge in [-0.2, -0.15) is 10.4 Å². The lowest BCUT2D eigenvalue weighted by atomic mass is 10.1. The molecular weight excluding hydrogens is 320 g/mol. The number of carbonyl (C=O) groups is 1. The minimum atomic E-state index is -0.550. The predicted molar refractivity (Wildman–Crippen MR) is 92.4 cm³/mol. The standard InChI is InChI=1S/C18H20N4O3/c1-12-13(2)21-22(18(24)15(12)10-19)11-17(23)20-9-8-14-6-4-5-7-16(14)25-3/h4-7H,8-9,11H2,1-3H3,(H,20,23). The number of hydrogen-bond acceptors (Lipinski definition) is 5. The van der Waals surface area contributed by atoms with Crippen molar-refractivity contribution in [3.05, 3.63) is 57.0 Å². The number of hydrogen-bond donors (Lipinski definition) is 1. The molecule has 0 spiro atoms. The van der Waals surface area contributed by atoms with Crippen LogP contribution in [0.1, 0.15) is 22.4 Å². The molecule has 0 saturated heterocycles. The molecule has 0 saturated carbocycles. The van der Waals surface area contributed by atoms with Crippen LogP contribution in [-0.2, 0) is 17.8 Å². The summed E-state index contributed by atoms with van der Waals surface area (Å²) in [4.78, 5) is 24.2. The molecule has 0 unspecified atom stereocenters. The fraction of sp³-hybridized carbons (Fsp3) is 0.333. The molecule has 0 fully saturated rings. The molecule has 0 aliphatic rings. The van der Waals surface area contributed by atoms with Crippen molar-refractivity contribution >= 4 is 5.91 Å². The largest absolute Gasteiger partial charge is 0.496 e. The second-order valence-corrected chi connectivity index (χ2v) is 5.57. The molecule has 130 valence electrons. The molecule has 25 heavy (non-hydrogen) atoms. The molecule has 0 bridgehead atoms. The van der Waals surface area contributed by atoms with E-state index in [0.717, 1.165) is 16.0 Å². The first kappa shape index (κ1) is 18.2. The summed E-state index contributed by atoms with van der Waals surface area (Å²) in [6.45, 7) is 3.55. The second-order valence-electron chi connectivity index (χ2n) is 5.57.